The number of nitro benzene ring substituents is 1. The standard InChI is InChI=1S/C14H16N2O8S/c1-9(17)15-8-11(4-7-13(15)14(18)19)24-25(22,23)12-5-2-10(3-6-12)16(20)21/h2-3,5-6,11,13H,4,7-8H2,1H3,(H,18,19)/t11-,13-/m0/s1. The molecule has 1 saturated heterocycles. The molecule has 1 aliphatic heterocycles. The number of nitro groups is 1. The number of hydrogen-bond acceptors (Lipinski definition) is 7. The molecule has 136 valence electrons. The van der Waals surface area contributed by atoms with Crippen molar-refractivity contribution in [3.05, 3.63) is 34.4 Å². The van der Waals surface area contributed by atoms with Gasteiger partial charge in [0.05, 0.1) is 15.9 Å². The number of aliphatic carboxylic acids is 1. The highest BCUT2D eigenvalue weighted by atomic mass is 32.2. The number of rotatable bonds is 5. The van der Waals surface area contributed by atoms with Gasteiger partial charge in [-0.1, -0.05) is 0 Å². The molecule has 0 radical (unpaired) electrons. The smallest absolute Gasteiger partial charge is 0.326 e. The van der Waals surface area contributed by atoms with Crippen LogP contribution in [0.1, 0.15) is 19.8 Å². The molecule has 0 aromatic heterocycles. The van der Waals surface area contributed by atoms with Crippen LogP contribution < -0.4 is 0 Å². The van der Waals surface area contributed by atoms with Gasteiger partial charge in [0.2, 0.25) is 5.91 Å². The van der Waals surface area contributed by atoms with Gasteiger partial charge in [0.25, 0.3) is 15.8 Å². The van der Waals surface area contributed by atoms with Gasteiger partial charge >= 0.3 is 5.97 Å². The molecule has 0 bridgehead atoms. The van der Waals surface area contributed by atoms with Crippen LogP contribution in [0.5, 0.6) is 0 Å². The summed E-state index contributed by atoms with van der Waals surface area (Å²) >= 11 is 0. The van der Waals surface area contributed by atoms with Crippen LogP contribution in [0.4, 0.5) is 5.69 Å². The zero-order valence-corrected chi connectivity index (χ0v) is 14.0. The molecule has 1 aromatic rings. The van der Waals surface area contributed by atoms with Crippen molar-refractivity contribution >= 4 is 27.7 Å². The van der Waals surface area contributed by atoms with Gasteiger partial charge in [0.15, 0.2) is 0 Å². The summed E-state index contributed by atoms with van der Waals surface area (Å²) in [6.07, 6.45) is -0.679. The van der Waals surface area contributed by atoms with E-state index in [2.05, 4.69) is 0 Å². The van der Waals surface area contributed by atoms with Gasteiger partial charge in [0, 0.05) is 25.6 Å². The molecular weight excluding hydrogens is 356 g/mol. The molecule has 0 spiro atoms. The van der Waals surface area contributed by atoms with Crippen molar-refractivity contribution in [3.8, 4) is 0 Å². The first-order chi connectivity index (χ1) is 11.6. The number of carbonyl (C=O) groups is 2. The van der Waals surface area contributed by atoms with Gasteiger partial charge in [-0.05, 0) is 25.0 Å². The highest BCUT2D eigenvalue weighted by Crippen LogP contribution is 2.25. The van der Waals surface area contributed by atoms with Crippen LogP contribution in [0, 0.1) is 10.1 Å². The number of carboxylic acid groups (broad SMARTS) is 1. The van der Waals surface area contributed by atoms with Gasteiger partial charge in [-0.2, -0.15) is 8.42 Å². The molecule has 1 N–H and O–H groups in total. The van der Waals surface area contributed by atoms with E-state index in [1.165, 1.54) is 6.92 Å². The molecule has 2 rings (SSSR count). The predicted octanol–water partition coefficient (Wildman–Crippen LogP) is 0.764. The Balaban J connectivity index is 2.14. The minimum Gasteiger partial charge on any atom is -0.480 e. The van der Waals surface area contributed by atoms with Crippen molar-refractivity contribution in [2.45, 2.75) is 36.8 Å². The van der Waals surface area contributed by atoms with E-state index in [-0.39, 0.29) is 30.0 Å². The molecule has 1 fully saturated rings. The lowest BCUT2D eigenvalue weighted by Crippen LogP contribution is -2.52. The Morgan fingerprint density at radius 1 is 1.28 bits per heavy atom. The normalized spacial score (nSPS) is 20.9. The number of non-ortho nitro benzene ring substituents is 1. The zero-order chi connectivity index (χ0) is 18.8. The van der Waals surface area contributed by atoms with E-state index in [4.69, 9.17) is 9.29 Å². The van der Waals surface area contributed by atoms with Gasteiger partial charge in [-0.3, -0.25) is 19.1 Å². The second kappa shape index (κ2) is 7.15. The molecule has 1 heterocycles. The summed E-state index contributed by atoms with van der Waals surface area (Å²) in [5.74, 6) is -1.65. The summed E-state index contributed by atoms with van der Waals surface area (Å²) in [7, 11) is -4.20. The summed E-state index contributed by atoms with van der Waals surface area (Å²) < 4.78 is 29.6. The van der Waals surface area contributed by atoms with Crippen LogP contribution in [0.15, 0.2) is 29.2 Å². The first-order valence-corrected chi connectivity index (χ1v) is 8.70. The molecule has 2 atom stereocenters. The van der Waals surface area contributed by atoms with Crippen LogP contribution in [0.3, 0.4) is 0 Å². The van der Waals surface area contributed by atoms with Crippen LogP contribution in [-0.2, 0) is 23.9 Å². The first kappa shape index (κ1) is 18.8. The molecule has 0 unspecified atom stereocenters. The molecular formula is C14H16N2O8S. The molecule has 10 nitrogen and oxygen atoms in total. The van der Waals surface area contributed by atoms with Crippen molar-refractivity contribution in [1.29, 1.82) is 0 Å². The topological polar surface area (TPSA) is 144 Å². The number of nitrogens with zero attached hydrogens (tertiary/aromatic N) is 2. The first-order valence-electron chi connectivity index (χ1n) is 7.29. The minimum absolute atomic E-state index is 0.0648. The van der Waals surface area contributed by atoms with Gasteiger partial charge in [-0.25, -0.2) is 4.79 Å². The van der Waals surface area contributed by atoms with E-state index in [0.717, 1.165) is 29.2 Å². The third-order valence-electron chi connectivity index (χ3n) is 3.83. The minimum atomic E-state index is -4.20. The van der Waals surface area contributed by atoms with Crippen LogP contribution in [0.2, 0.25) is 0 Å². The summed E-state index contributed by atoms with van der Waals surface area (Å²) in [5.41, 5.74) is -0.260. The Labute approximate surface area is 143 Å². The highest BCUT2D eigenvalue weighted by molar-refractivity contribution is 7.86. The Bertz CT molecular complexity index is 790. The predicted molar refractivity (Wildman–Crippen MR) is 83.2 cm³/mol. The van der Waals surface area contributed by atoms with E-state index in [1.807, 2.05) is 0 Å². The van der Waals surface area contributed by atoms with Crippen molar-refractivity contribution in [2.75, 3.05) is 6.54 Å². The monoisotopic (exact) mass is 372 g/mol. The number of benzene rings is 1. The Kier molecular flexibility index (Phi) is 5.38. The number of amides is 1. The Hall–Kier alpha value is -2.53. The molecule has 0 aliphatic carbocycles. The maximum Gasteiger partial charge on any atom is 0.326 e. The third-order valence-corrected chi connectivity index (χ3v) is 5.20. The lowest BCUT2D eigenvalue weighted by molar-refractivity contribution is -0.384. The van der Waals surface area contributed by atoms with E-state index >= 15 is 0 Å². The largest absolute Gasteiger partial charge is 0.480 e. The maximum absolute atomic E-state index is 12.3. The van der Waals surface area contributed by atoms with Crippen molar-refractivity contribution < 1.29 is 32.2 Å². The van der Waals surface area contributed by atoms with Gasteiger partial charge in [-0.15, -0.1) is 0 Å². The van der Waals surface area contributed by atoms with Gasteiger partial charge < -0.3 is 10.0 Å². The quantitative estimate of drug-likeness (QED) is 0.453. The highest BCUT2D eigenvalue weighted by Gasteiger charge is 2.37. The number of hydrogen-bond donors (Lipinski definition) is 1. The molecule has 0 saturated carbocycles. The van der Waals surface area contributed by atoms with Gasteiger partial charge in [0.1, 0.15) is 6.04 Å². The fourth-order valence-corrected chi connectivity index (χ4v) is 3.69. The average molecular weight is 372 g/mol. The molecule has 25 heavy (non-hydrogen) atoms. The fraction of sp³-hybridized carbons (Fsp3) is 0.429. The molecule has 1 aromatic carbocycles. The van der Waals surface area contributed by atoms with Crippen LogP contribution >= 0.6 is 0 Å². The van der Waals surface area contributed by atoms with E-state index in [0.29, 0.717) is 0 Å². The molecule has 1 aliphatic rings. The Morgan fingerprint density at radius 2 is 1.88 bits per heavy atom. The second-order valence-corrected chi connectivity index (χ2v) is 7.10. The van der Waals surface area contributed by atoms with E-state index in [9.17, 15) is 28.1 Å². The summed E-state index contributed by atoms with van der Waals surface area (Å²) in [6, 6.07) is 3.18. The van der Waals surface area contributed by atoms with Crippen LogP contribution in [-0.4, -0.2) is 53.9 Å². The van der Waals surface area contributed by atoms with Crippen molar-refractivity contribution in [1.82, 2.24) is 4.90 Å². The van der Waals surface area contributed by atoms with Crippen LogP contribution in [0.25, 0.3) is 0 Å². The summed E-state index contributed by atoms with van der Waals surface area (Å²) in [4.78, 5) is 33.5. The lowest BCUT2D eigenvalue weighted by Gasteiger charge is -2.36. The Morgan fingerprint density at radius 3 is 2.36 bits per heavy atom. The fourth-order valence-electron chi connectivity index (χ4n) is 2.59. The number of piperidine rings is 1. The van der Waals surface area contributed by atoms with E-state index in [1.54, 1.807) is 0 Å². The van der Waals surface area contributed by atoms with Crippen molar-refractivity contribution in [3.63, 3.8) is 0 Å². The molecule has 11 heteroatoms. The zero-order valence-electron chi connectivity index (χ0n) is 13.2. The number of likely N-dealkylation sites (tertiary alicyclic amines) is 1. The van der Waals surface area contributed by atoms with Crippen molar-refractivity contribution in [2.24, 2.45) is 0 Å². The lowest BCUT2D eigenvalue weighted by atomic mass is 10.0. The SMILES string of the molecule is CC(=O)N1C[C@@H](OS(=O)(=O)c2ccc([N+](=O)[O-])cc2)CC[C@H]1C(=O)O. The molecule has 1 amide bonds. The second-order valence-electron chi connectivity index (χ2n) is 5.53. The maximum atomic E-state index is 12.3. The number of carbonyl (C=O) groups excluding carboxylic acids is 1. The van der Waals surface area contributed by atoms with E-state index < -0.39 is 39.1 Å². The summed E-state index contributed by atoms with van der Waals surface area (Å²) in [6.45, 7) is 1.03. The average Bonchev–Trinajstić information content (AvgIpc) is 2.54. The summed E-state index contributed by atoms with van der Waals surface area (Å²) in [5, 5.41) is 19.7. The third kappa shape index (κ3) is 4.31. The number of carboxylic acids is 1.